The maximum absolute atomic E-state index is 12.8. The van der Waals surface area contributed by atoms with E-state index in [0.29, 0.717) is 31.2 Å². The molecule has 3 rings (SSSR count). The molecule has 32 heavy (non-hydrogen) atoms. The number of carbonyl (C=O) groups excluding carboxylic acids is 1. The van der Waals surface area contributed by atoms with E-state index in [4.69, 9.17) is 6.42 Å². The molecule has 0 spiro atoms. The van der Waals surface area contributed by atoms with E-state index < -0.39 is 0 Å². The Labute approximate surface area is 192 Å². The minimum Gasteiger partial charge on any atom is -0.508 e. The van der Waals surface area contributed by atoms with Gasteiger partial charge in [0, 0.05) is 43.8 Å². The third-order valence-corrected chi connectivity index (χ3v) is 6.50. The molecule has 1 N–H and O–H groups in total. The molecule has 1 fully saturated rings. The minimum atomic E-state index is -0.0230. The predicted molar refractivity (Wildman–Crippen MR) is 130 cm³/mol. The summed E-state index contributed by atoms with van der Waals surface area (Å²) in [5.74, 6) is 3.09. The SMILES string of the molecule is C#CCN1C[C@@H](C)N([C@H](c2ccc(C(=O)N(CC)CC)cc2)c2cccc(O)c2)C[C@@H]1C. The summed E-state index contributed by atoms with van der Waals surface area (Å²) in [6.45, 7) is 12.2. The molecule has 1 aliphatic rings. The third kappa shape index (κ3) is 5.15. The molecule has 0 aliphatic carbocycles. The summed E-state index contributed by atoms with van der Waals surface area (Å²) in [5.41, 5.74) is 2.85. The van der Waals surface area contributed by atoms with Crippen molar-refractivity contribution < 1.29 is 9.90 Å². The topological polar surface area (TPSA) is 47.0 Å². The van der Waals surface area contributed by atoms with Crippen molar-refractivity contribution in [2.24, 2.45) is 0 Å². The fourth-order valence-corrected chi connectivity index (χ4v) is 4.69. The molecule has 0 radical (unpaired) electrons. The highest BCUT2D eigenvalue weighted by atomic mass is 16.3. The van der Waals surface area contributed by atoms with Gasteiger partial charge >= 0.3 is 0 Å². The number of phenols is 1. The summed E-state index contributed by atoms with van der Waals surface area (Å²) in [4.78, 5) is 19.4. The first-order valence-electron chi connectivity index (χ1n) is 11.5. The highest BCUT2D eigenvalue weighted by molar-refractivity contribution is 5.94. The van der Waals surface area contributed by atoms with Crippen LogP contribution in [0.25, 0.3) is 0 Å². The molecule has 0 bridgehead atoms. The van der Waals surface area contributed by atoms with Gasteiger partial charge in [-0.25, -0.2) is 0 Å². The van der Waals surface area contributed by atoms with E-state index in [2.05, 4.69) is 47.8 Å². The lowest BCUT2D eigenvalue weighted by atomic mass is 9.92. The lowest BCUT2D eigenvalue weighted by molar-refractivity contribution is 0.0317. The van der Waals surface area contributed by atoms with E-state index in [-0.39, 0.29) is 23.7 Å². The summed E-state index contributed by atoms with van der Waals surface area (Å²) in [6, 6.07) is 16.0. The van der Waals surface area contributed by atoms with Crippen LogP contribution in [0.3, 0.4) is 0 Å². The van der Waals surface area contributed by atoms with Crippen LogP contribution < -0.4 is 0 Å². The number of benzene rings is 2. The highest BCUT2D eigenvalue weighted by Crippen LogP contribution is 2.34. The van der Waals surface area contributed by atoms with Gasteiger partial charge in [0.05, 0.1) is 12.6 Å². The van der Waals surface area contributed by atoms with Crippen LogP contribution in [0, 0.1) is 12.3 Å². The number of piperazine rings is 1. The number of amides is 1. The molecule has 1 amide bonds. The fraction of sp³-hybridized carbons (Fsp3) is 0.444. The molecule has 5 heteroatoms. The summed E-state index contributed by atoms with van der Waals surface area (Å²) in [5, 5.41) is 10.2. The fourth-order valence-electron chi connectivity index (χ4n) is 4.69. The molecule has 0 aromatic heterocycles. The molecule has 1 heterocycles. The van der Waals surface area contributed by atoms with Gasteiger partial charge in [-0.1, -0.05) is 30.2 Å². The van der Waals surface area contributed by atoms with Crippen LogP contribution in [0.5, 0.6) is 5.75 Å². The summed E-state index contributed by atoms with van der Waals surface area (Å²) in [6.07, 6.45) is 5.58. The average Bonchev–Trinajstić information content (AvgIpc) is 2.78. The van der Waals surface area contributed by atoms with Gasteiger partial charge < -0.3 is 10.0 Å². The lowest BCUT2D eigenvalue weighted by Crippen LogP contribution is -2.57. The number of hydrogen-bond donors (Lipinski definition) is 1. The van der Waals surface area contributed by atoms with Crippen LogP contribution in [-0.2, 0) is 0 Å². The second-order valence-electron chi connectivity index (χ2n) is 8.63. The first kappa shape index (κ1) is 23.8. The zero-order valence-corrected chi connectivity index (χ0v) is 19.7. The van der Waals surface area contributed by atoms with E-state index in [1.54, 1.807) is 6.07 Å². The number of terminal acetylenes is 1. The van der Waals surface area contributed by atoms with Crippen molar-refractivity contribution in [3.63, 3.8) is 0 Å². The van der Waals surface area contributed by atoms with Crippen LogP contribution in [-0.4, -0.2) is 70.5 Å². The molecular formula is C27H35N3O2. The molecule has 0 unspecified atom stereocenters. The molecule has 3 atom stereocenters. The van der Waals surface area contributed by atoms with Gasteiger partial charge in [0.15, 0.2) is 0 Å². The van der Waals surface area contributed by atoms with Crippen LogP contribution in [0.2, 0.25) is 0 Å². The smallest absolute Gasteiger partial charge is 0.253 e. The van der Waals surface area contributed by atoms with Crippen molar-refractivity contribution in [1.29, 1.82) is 0 Å². The number of rotatable bonds is 7. The van der Waals surface area contributed by atoms with Crippen molar-refractivity contribution in [3.05, 3.63) is 65.2 Å². The summed E-state index contributed by atoms with van der Waals surface area (Å²) >= 11 is 0. The molecule has 0 saturated carbocycles. The second-order valence-corrected chi connectivity index (χ2v) is 8.63. The maximum Gasteiger partial charge on any atom is 0.253 e. The van der Waals surface area contributed by atoms with E-state index in [1.165, 1.54) is 0 Å². The van der Waals surface area contributed by atoms with E-state index in [0.717, 1.165) is 24.2 Å². The second kappa shape index (κ2) is 10.7. The van der Waals surface area contributed by atoms with Gasteiger partial charge in [0.2, 0.25) is 0 Å². The molecular weight excluding hydrogens is 398 g/mol. The van der Waals surface area contributed by atoms with Gasteiger partial charge in [-0.15, -0.1) is 6.42 Å². The van der Waals surface area contributed by atoms with Crippen molar-refractivity contribution in [2.75, 3.05) is 32.7 Å². The van der Waals surface area contributed by atoms with Gasteiger partial charge in [0.25, 0.3) is 5.91 Å². The van der Waals surface area contributed by atoms with Crippen molar-refractivity contribution in [2.45, 2.75) is 45.8 Å². The molecule has 1 saturated heterocycles. The van der Waals surface area contributed by atoms with Crippen molar-refractivity contribution in [3.8, 4) is 18.1 Å². The van der Waals surface area contributed by atoms with Gasteiger partial charge in [-0.2, -0.15) is 0 Å². The van der Waals surface area contributed by atoms with Crippen LogP contribution >= 0.6 is 0 Å². The highest BCUT2D eigenvalue weighted by Gasteiger charge is 2.34. The molecule has 1 aliphatic heterocycles. The van der Waals surface area contributed by atoms with Crippen LogP contribution in [0.15, 0.2) is 48.5 Å². The zero-order valence-electron chi connectivity index (χ0n) is 19.7. The maximum atomic E-state index is 12.8. The molecule has 170 valence electrons. The molecule has 2 aromatic carbocycles. The molecule has 5 nitrogen and oxygen atoms in total. The summed E-state index contributed by atoms with van der Waals surface area (Å²) < 4.78 is 0. The Morgan fingerprint density at radius 1 is 1.09 bits per heavy atom. The first-order chi connectivity index (χ1) is 15.4. The van der Waals surface area contributed by atoms with Crippen LogP contribution in [0.4, 0.5) is 0 Å². The third-order valence-electron chi connectivity index (χ3n) is 6.50. The number of carbonyl (C=O) groups is 1. The Morgan fingerprint density at radius 3 is 2.38 bits per heavy atom. The Hall–Kier alpha value is -2.81. The Balaban J connectivity index is 1.96. The monoisotopic (exact) mass is 433 g/mol. The standard InChI is InChI=1S/C27H35N3O2/c1-6-16-29-18-21(5)30(19-20(29)4)26(24-10-9-11-25(31)17-24)22-12-14-23(15-13-22)27(32)28(7-2)8-3/h1,9-15,17,20-21,26,31H,7-8,16,18-19H2,2-5H3/t20-,21+,26+/m0/s1. The predicted octanol–water partition coefficient (Wildman–Crippen LogP) is 3.99. The van der Waals surface area contributed by atoms with Crippen molar-refractivity contribution in [1.82, 2.24) is 14.7 Å². The van der Waals surface area contributed by atoms with Crippen LogP contribution in [0.1, 0.15) is 55.2 Å². The number of nitrogens with zero attached hydrogens (tertiary/aromatic N) is 3. The van der Waals surface area contributed by atoms with Gasteiger partial charge in [-0.3, -0.25) is 14.6 Å². The Kier molecular flexibility index (Phi) is 7.95. The largest absolute Gasteiger partial charge is 0.508 e. The first-order valence-corrected chi connectivity index (χ1v) is 11.5. The minimum absolute atomic E-state index is 0.0230. The number of phenolic OH excluding ortho intramolecular Hbond substituents is 1. The summed E-state index contributed by atoms with van der Waals surface area (Å²) in [7, 11) is 0. The quantitative estimate of drug-likeness (QED) is 0.671. The van der Waals surface area contributed by atoms with Gasteiger partial charge in [-0.05, 0) is 63.1 Å². The Bertz CT molecular complexity index is 946. The van der Waals surface area contributed by atoms with E-state index >= 15 is 0 Å². The van der Waals surface area contributed by atoms with Gasteiger partial charge in [0.1, 0.15) is 5.75 Å². The Morgan fingerprint density at radius 2 is 1.78 bits per heavy atom. The number of hydrogen-bond acceptors (Lipinski definition) is 4. The normalized spacial score (nSPS) is 20.5. The average molecular weight is 434 g/mol. The number of aromatic hydroxyl groups is 1. The van der Waals surface area contributed by atoms with Crippen molar-refractivity contribution >= 4 is 5.91 Å². The zero-order chi connectivity index (χ0) is 23.3. The van der Waals surface area contributed by atoms with E-state index in [1.807, 2.05) is 43.0 Å². The molecule has 2 aromatic rings. The lowest BCUT2D eigenvalue weighted by Gasteiger charge is -2.47. The van der Waals surface area contributed by atoms with E-state index in [9.17, 15) is 9.90 Å².